The van der Waals surface area contributed by atoms with Crippen molar-refractivity contribution in [1.82, 2.24) is 4.90 Å². The first-order chi connectivity index (χ1) is 9.67. The summed E-state index contributed by atoms with van der Waals surface area (Å²) in [5, 5.41) is 10.00. The van der Waals surface area contributed by atoms with E-state index in [1.54, 1.807) is 0 Å². The van der Waals surface area contributed by atoms with Crippen LogP contribution in [0.2, 0.25) is 0 Å². The molecule has 1 saturated carbocycles. The van der Waals surface area contributed by atoms with Crippen LogP contribution in [0.4, 0.5) is 0 Å². The van der Waals surface area contributed by atoms with Crippen LogP contribution in [0.15, 0.2) is 16.5 Å². The Morgan fingerprint density at radius 3 is 2.95 bits per heavy atom. The highest BCUT2D eigenvalue weighted by Gasteiger charge is 2.25. The maximum absolute atomic E-state index is 10.00. The van der Waals surface area contributed by atoms with Gasteiger partial charge in [-0.05, 0) is 37.8 Å². The van der Waals surface area contributed by atoms with Gasteiger partial charge in [0.05, 0.1) is 19.3 Å². The van der Waals surface area contributed by atoms with E-state index >= 15 is 0 Å². The Labute approximate surface area is 120 Å². The molecular weight excluding hydrogens is 254 g/mol. The number of hydrogen-bond acceptors (Lipinski definition) is 4. The van der Waals surface area contributed by atoms with Crippen molar-refractivity contribution in [3.05, 3.63) is 23.7 Å². The van der Waals surface area contributed by atoms with Crippen LogP contribution in [0.5, 0.6) is 0 Å². The number of hydrogen-bond donors (Lipinski definition) is 1. The van der Waals surface area contributed by atoms with Gasteiger partial charge in [0.1, 0.15) is 18.1 Å². The van der Waals surface area contributed by atoms with Crippen molar-refractivity contribution in [3.8, 4) is 12.3 Å². The third-order valence-corrected chi connectivity index (χ3v) is 3.35. The number of ether oxygens (including phenoxy) is 1. The summed E-state index contributed by atoms with van der Waals surface area (Å²) in [4.78, 5) is 2.24. The lowest BCUT2D eigenvalue weighted by atomic mass is 10.2. The summed E-state index contributed by atoms with van der Waals surface area (Å²) in [6.07, 6.45) is 7.18. The summed E-state index contributed by atoms with van der Waals surface area (Å²) in [5.74, 6) is 5.03. The van der Waals surface area contributed by atoms with Crippen LogP contribution in [-0.2, 0) is 11.3 Å². The fourth-order valence-electron chi connectivity index (χ4n) is 2.26. The fourth-order valence-corrected chi connectivity index (χ4v) is 2.26. The minimum Gasteiger partial charge on any atom is -0.465 e. The van der Waals surface area contributed by atoms with Crippen molar-refractivity contribution in [3.63, 3.8) is 0 Å². The molecule has 4 heteroatoms. The minimum atomic E-state index is -0.516. The number of terminal acetylenes is 1. The topological polar surface area (TPSA) is 45.8 Å². The van der Waals surface area contributed by atoms with Crippen molar-refractivity contribution < 1.29 is 14.3 Å². The summed E-state index contributed by atoms with van der Waals surface area (Å²) in [6.45, 7) is 4.79. The summed E-state index contributed by atoms with van der Waals surface area (Å²) >= 11 is 0. The van der Waals surface area contributed by atoms with Gasteiger partial charge in [0.25, 0.3) is 0 Å². The molecule has 20 heavy (non-hydrogen) atoms. The van der Waals surface area contributed by atoms with E-state index in [1.807, 2.05) is 19.1 Å². The van der Waals surface area contributed by atoms with Gasteiger partial charge in [-0.15, -0.1) is 6.42 Å². The molecule has 0 aliphatic heterocycles. The standard InChI is InChI=1S/C16H23NO3/c1-3-8-19-12-15(18)10-17(9-14-5-6-14)11-16-7-4-13(2)20-16/h1,4,7,14-15,18H,5-6,8-12H2,2H3. The third kappa shape index (κ3) is 5.38. The maximum atomic E-state index is 10.00. The smallest absolute Gasteiger partial charge is 0.118 e. The highest BCUT2D eigenvalue weighted by Crippen LogP contribution is 2.30. The Morgan fingerprint density at radius 2 is 2.35 bits per heavy atom. The van der Waals surface area contributed by atoms with Crippen LogP contribution in [0.3, 0.4) is 0 Å². The normalized spacial score (nSPS) is 16.3. The second-order valence-electron chi connectivity index (χ2n) is 5.52. The van der Waals surface area contributed by atoms with Gasteiger partial charge < -0.3 is 14.3 Å². The van der Waals surface area contributed by atoms with Gasteiger partial charge in [-0.2, -0.15) is 0 Å². The van der Waals surface area contributed by atoms with Crippen LogP contribution < -0.4 is 0 Å². The van der Waals surface area contributed by atoms with Crippen LogP contribution in [0.1, 0.15) is 24.4 Å². The Kier molecular flexibility index (Phi) is 5.66. The van der Waals surface area contributed by atoms with Gasteiger partial charge in [0, 0.05) is 13.1 Å². The molecule has 4 nitrogen and oxygen atoms in total. The lowest BCUT2D eigenvalue weighted by Gasteiger charge is -2.24. The maximum Gasteiger partial charge on any atom is 0.118 e. The second kappa shape index (κ2) is 7.49. The van der Waals surface area contributed by atoms with Crippen molar-refractivity contribution >= 4 is 0 Å². The molecule has 1 unspecified atom stereocenters. The molecule has 1 fully saturated rings. The lowest BCUT2D eigenvalue weighted by molar-refractivity contribution is 0.0238. The average Bonchev–Trinajstić information content (AvgIpc) is 3.11. The van der Waals surface area contributed by atoms with E-state index in [1.165, 1.54) is 12.8 Å². The first-order valence-corrected chi connectivity index (χ1v) is 7.14. The molecule has 1 heterocycles. The van der Waals surface area contributed by atoms with Crippen molar-refractivity contribution in [2.24, 2.45) is 5.92 Å². The van der Waals surface area contributed by atoms with Crippen LogP contribution in [-0.4, -0.2) is 42.4 Å². The third-order valence-electron chi connectivity index (χ3n) is 3.35. The SMILES string of the molecule is C#CCOCC(O)CN(Cc1ccc(C)o1)CC1CC1. The van der Waals surface area contributed by atoms with Crippen molar-refractivity contribution in [1.29, 1.82) is 0 Å². The number of aliphatic hydroxyl groups excluding tert-OH is 1. The number of aryl methyl sites for hydroxylation is 1. The fraction of sp³-hybridized carbons (Fsp3) is 0.625. The van der Waals surface area contributed by atoms with E-state index in [9.17, 15) is 5.11 Å². The van der Waals surface area contributed by atoms with E-state index < -0.39 is 6.10 Å². The first-order valence-electron chi connectivity index (χ1n) is 7.14. The highest BCUT2D eigenvalue weighted by molar-refractivity contribution is 5.05. The van der Waals surface area contributed by atoms with Gasteiger partial charge in [-0.3, -0.25) is 4.90 Å². The van der Waals surface area contributed by atoms with Crippen LogP contribution >= 0.6 is 0 Å². The van der Waals surface area contributed by atoms with Crippen molar-refractivity contribution in [2.75, 3.05) is 26.3 Å². The zero-order chi connectivity index (χ0) is 14.4. The van der Waals surface area contributed by atoms with E-state index in [4.69, 9.17) is 15.6 Å². The molecular formula is C16H23NO3. The van der Waals surface area contributed by atoms with Crippen molar-refractivity contribution in [2.45, 2.75) is 32.4 Å². The molecule has 1 atom stereocenters. The summed E-state index contributed by atoms with van der Waals surface area (Å²) < 4.78 is 10.8. The van der Waals surface area contributed by atoms with Gasteiger partial charge >= 0.3 is 0 Å². The Bertz CT molecular complexity index is 445. The molecule has 0 amide bonds. The van der Waals surface area contributed by atoms with Gasteiger partial charge in [-0.25, -0.2) is 0 Å². The van der Waals surface area contributed by atoms with Crippen LogP contribution in [0, 0.1) is 25.2 Å². The zero-order valence-electron chi connectivity index (χ0n) is 12.0. The molecule has 1 aromatic rings. The molecule has 0 saturated heterocycles. The number of rotatable bonds is 9. The molecule has 0 spiro atoms. The monoisotopic (exact) mass is 277 g/mol. The summed E-state index contributed by atoms with van der Waals surface area (Å²) in [6, 6.07) is 3.97. The minimum absolute atomic E-state index is 0.247. The Hall–Kier alpha value is -1.28. The number of furan rings is 1. The Balaban J connectivity index is 1.81. The highest BCUT2D eigenvalue weighted by atomic mass is 16.5. The average molecular weight is 277 g/mol. The molecule has 0 radical (unpaired) electrons. The predicted molar refractivity (Wildman–Crippen MR) is 77.1 cm³/mol. The van der Waals surface area contributed by atoms with E-state index in [0.29, 0.717) is 6.54 Å². The second-order valence-corrected chi connectivity index (χ2v) is 5.52. The molecule has 110 valence electrons. The zero-order valence-corrected chi connectivity index (χ0v) is 12.0. The molecule has 1 aliphatic rings. The molecule has 0 aromatic carbocycles. The van der Waals surface area contributed by atoms with Crippen LogP contribution in [0.25, 0.3) is 0 Å². The quantitative estimate of drug-likeness (QED) is 0.552. The molecule has 1 aliphatic carbocycles. The summed E-state index contributed by atoms with van der Waals surface area (Å²) in [5.41, 5.74) is 0. The van der Waals surface area contributed by atoms with Gasteiger partial charge in [0.15, 0.2) is 0 Å². The van der Waals surface area contributed by atoms with Gasteiger partial charge in [-0.1, -0.05) is 5.92 Å². The molecule has 0 bridgehead atoms. The molecule has 1 N–H and O–H groups in total. The lowest BCUT2D eigenvalue weighted by Crippen LogP contribution is -2.35. The van der Waals surface area contributed by atoms with E-state index in [0.717, 1.165) is 30.5 Å². The number of nitrogens with zero attached hydrogens (tertiary/aromatic N) is 1. The Morgan fingerprint density at radius 1 is 1.55 bits per heavy atom. The largest absolute Gasteiger partial charge is 0.465 e. The predicted octanol–water partition coefficient (Wildman–Crippen LogP) is 1.81. The van der Waals surface area contributed by atoms with Gasteiger partial charge in [0.2, 0.25) is 0 Å². The first kappa shape index (κ1) is 15.1. The molecule has 2 rings (SSSR count). The number of aliphatic hydroxyl groups is 1. The van der Waals surface area contributed by atoms with E-state index in [2.05, 4.69) is 10.8 Å². The van der Waals surface area contributed by atoms with E-state index in [-0.39, 0.29) is 13.2 Å². The molecule has 1 aromatic heterocycles. The summed E-state index contributed by atoms with van der Waals surface area (Å²) in [7, 11) is 0.